The highest BCUT2D eigenvalue weighted by Crippen LogP contribution is 2.28. The van der Waals surface area contributed by atoms with Crippen molar-refractivity contribution in [2.45, 2.75) is 31.5 Å². The SMILES string of the molecule is OC1CCCNC1c1ncc2n1CCO2. The van der Waals surface area contributed by atoms with Gasteiger partial charge < -0.3 is 15.2 Å². The van der Waals surface area contributed by atoms with Crippen molar-refractivity contribution in [3.05, 3.63) is 12.0 Å². The lowest BCUT2D eigenvalue weighted by Crippen LogP contribution is -2.39. The van der Waals surface area contributed by atoms with Gasteiger partial charge in [0.2, 0.25) is 5.88 Å². The van der Waals surface area contributed by atoms with Gasteiger partial charge in [0, 0.05) is 0 Å². The smallest absolute Gasteiger partial charge is 0.214 e. The molecule has 5 nitrogen and oxygen atoms in total. The number of hydrogen-bond acceptors (Lipinski definition) is 4. The van der Waals surface area contributed by atoms with Crippen molar-refractivity contribution in [2.24, 2.45) is 0 Å². The van der Waals surface area contributed by atoms with E-state index in [0.29, 0.717) is 6.61 Å². The molecule has 2 unspecified atom stereocenters. The van der Waals surface area contributed by atoms with Crippen molar-refractivity contribution in [3.63, 3.8) is 0 Å². The predicted octanol–water partition coefficient (Wildman–Crippen LogP) is 0.0609. The van der Waals surface area contributed by atoms with Crippen molar-refractivity contribution in [1.29, 1.82) is 0 Å². The van der Waals surface area contributed by atoms with Gasteiger partial charge in [0.1, 0.15) is 12.4 Å². The summed E-state index contributed by atoms with van der Waals surface area (Å²) >= 11 is 0. The lowest BCUT2D eigenvalue weighted by Gasteiger charge is -2.28. The maximum Gasteiger partial charge on any atom is 0.214 e. The molecule has 0 bridgehead atoms. The van der Waals surface area contributed by atoms with Crippen molar-refractivity contribution < 1.29 is 9.84 Å². The van der Waals surface area contributed by atoms with E-state index in [1.807, 2.05) is 4.57 Å². The minimum absolute atomic E-state index is 0.0331. The van der Waals surface area contributed by atoms with Gasteiger partial charge in [-0.25, -0.2) is 4.98 Å². The average Bonchev–Trinajstić information content (AvgIpc) is 2.80. The minimum atomic E-state index is -0.328. The fourth-order valence-electron chi connectivity index (χ4n) is 2.34. The Hall–Kier alpha value is -1.07. The highest BCUT2D eigenvalue weighted by molar-refractivity contribution is 5.18. The van der Waals surface area contributed by atoms with Crippen LogP contribution in [0, 0.1) is 0 Å². The number of fused-ring (bicyclic) bond motifs is 1. The number of piperidine rings is 1. The summed E-state index contributed by atoms with van der Waals surface area (Å²) in [5.74, 6) is 1.74. The van der Waals surface area contributed by atoms with Gasteiger partial charge in [-0.05, 0) is 19.4 Å². The molecule has 1 fully saturated rings. The molecule has 15 heavy (non-hydrogen) atoms. The zero-order valence-corrected chi connectivity index (χ0v) is 8.52. The second-order valence-corrected chi connectivity index (χ2v) is 4.10. The van der Waals surface area contributed by atoms with Crippen LogP contribution in [0.15, 0.2) is 6.20 Å². The summed E-state index contributed by atoms with van der Waals surface area (Å²) < 4.78 is 7.44. The Morgan fingerprint density at radius 3 is 3.40 bits per heavy atom. The summed E-state index contributed by atoms with van der Waals surface area (Å²) in [4.78, 5) is 4.33. The molecule has 1 aromatic heterocycles. The normalized spacial score (nSPS) is 29.9. The summed E-state index contributed by atoms with van der Waals surface area (Å²) in [5.41, 5.74) is 0. The van der Waals surface area contributed by atoms with Crippen LogP contribution in [0.25, 0.3) is 0 Å². The molecule has 0 amide bonds. The van der Waals surface area contributed by atoms with E-state index in [-0.39, 0.29) is 12.1 Å². The zero-order chi connectivity index (χ0) is 10.3. The molecular formula is C10H15N3O2. The second-order valence-electron chi connectivity index (χ2n) is 4.10. The third-order valence-corrected chi connectivity index (χ3v) is 3.12. The van der Waals surface area contributed by atoms with Gasteiger partial charge in [0.15, 0.2) is 0 Å². The quantitative estimate of drug-likeness (QED) is 0.686. The third kappa shape index (κ3) is 1.42. The van der Waals surface area contributed by atoms with Crippen LogP contribution >= 0.6 is 0 Å². The van der Waals surface area contributed by atoms with E-state index < -0.39 is 0 Å². The van der Waals surface area contributed by atoms with Crippen LogP contribution in [-0.2, 0) is 6.54 Å². The molecule has 5 heteroatoms. The van der Waals surface area contributed by atoms with Crippen LogP contribution in [-0.4, -0.2) is 33.9 Å². The molecule has 0 aliphatic carbocycles. The first kappa shape index (κ1) is 9.18. The summed E-state index contributed by atoms with van der Waals surface area (Å²) in [6.07, 6.45) is 3.29. The van der Waals surface area contributed by atoms with Crippen molar-refractivity contribution in [3.8, 4) is 5.88 Å². The largest absolute Gasteiger partial charge is 0.476 e. The molecule has 0 radical (unpaired) electrons. The number of rotatable bonds is 1. The number of aromatic nitrogens is 2. The predicted molar refractivity (Wildman–Crippen MR) is 53.7 cm³/mol. The average molecular weight is 209 g/mol. The Morgan fingerprint density at radius 1 is 1.60 bits per heavy atom. The van der Waals surface area contributed by atoms with Gasteiger partial charge in [0.25, 0.3) is 0 Å². The first-order valence-electron chi connectivity index (χ1n) is 5.46. The fourth-order valence-corrected chi connectivity index (χ4v) is 2.34. The van der Waals surface area contributed by atoms with Crippen molar-refractivity contribution in [2.75, 3.05) is 13.2 Å². The summed E-state index contributed by atoms with van der Waals surface area (Å²) in [5, 5.41) is 13.2. The summed E-state index contributed by atoms with van der Waals surface area (Å²) in [6.45, 7) is 2.51. The molecule has 2 N–H and O–H groups in total. The van der Waals surface area contributed by atoms with Crippen LogP contribution in [0.1, 0.15) is 24.7 Å². The van der Waals surface area contributed by atoms with E-state index in [1.54, 1.807) is 6.20 Å². The Balaban J connectivity index is 1.91. The van der Waals surface area contributed by atoms with E-state index in [1.165, 1.54) is 0 Å². The number of ether oxygens (including phenoxy) is 1. The molecule has 0 spiro atoms. The molecule has 1 saturated heterocycles. The van der Waals surface area contributed by atoms with Crippen LogP contribution in [0.4, 0.5) is 0 Å². The third-order valence-electron chi connectivity index (χ3n) is 3.12. The van der Waals surface area contributed by atoms with Crippen LogP contribution in [0.5, 0.6) is 5.88 Å². The van der Waals surface area contributed by atoms with Gasteiger partial charge >= 0.3 is 0 Å². The molecule has 2 aliphatic heterocycles. The van der Waals surface area contributed by atoms with Gasteiger partial charge in [-0.15, -0.1) is 0 Å². The molecule has 0 aromatic carbocycles. The molecule has 1 aromatic rings. The van der Waals surface area contributed by atoms with Crippen LogP contribution < -0.4 is 10.1 Å². The highest BCUT2D eigenvalue weighted by Gasteiger charge is 2.30. The van der Waals surface area contributed by atoms with Crippen molar-refractivity contribution in [1.82, 2.24) is 14.9 Å². The number of nitrogens with one attached hydrogen (secondary N) is 1. The number of nitrogens with zero attached hydrogens (tertiary/aromatic N) is 2. The number of imidazole rings is 1. The zero-order valence-electron chi connectivity index (χ0n) is 8.52. The number of hydrogen-bond donors (Lipinski definition) is 2. The maximum atomic E-state index is 9.92. The fraction of sp³-hybridized carbons (Fsp3) is 0.700. The first-order valence-corrected chi connectivity index (χ1v) is 5.46. The Kier molecular flexibility index (Phi) is 2.14. The molecule has 0 saturated carbocycles. The lowest BCUT2D eigenvalue weighted by atomic mass is 10.0. The topological polar surface area (TPSA) is 59.3 Å². The summed E-state index contributed by atoms with van der Waals surface area (Å²) in [6, 6.07) is -0.0331. The number of aliphatic hydroxyl groups is 1. The van der Waals surface area contributed by atoms with E-state index in [9.17, 15) is 5.11 Å². The standard InChI is InChI=1S/C10H15N3O2/c14-7-2-1-3-11-9(7)10-12-6-8-13(10)4-5-15-8/h6-7,9,11,14H,1-5H2. The first-order chi connectivity index (χ1) is 7.36. The minimum Gasteiger partial charge on any atom is -0.476 e. The summed E-state index contributed by atoms with van der Waals surface area (Å²) in [7, 11) is 0. The van der Waals surface area contributed by atoms with E-state index in [2.05, 4.69) is 10.3 Å². The lowest BCUT2D eigenvalue weighted by molar-refractivity contribution is 0.0913. The van der Waals surface area contributed by atoms with Crippen LogP contribution in [0.2, 0.25) is 0 Å². The second kappa shape index (κ2) is 3.50. The molecule has 82 valence electrons. The maximum absolute atomic E-state index is 9.92. The van der Waals surface area contributed by atoms with Crippen LogP contribution in [0.3, 0.4) is 0 Å². The molecule has 3 heterocycles. The number of aliphatic hydroxyl groups excluding tert-OH is 1. The highest BCUT2D eigenvalue weighted by atomic mass is 16.5. The Bertz CT molecular complexity index is 364. The molecule has 2 aliphatic rings. The van der Waals surface area contributed by atoms with E-state index in [0.717, 1.165) is 37.6 Å². The van der Waals surface area contributed by atoms with Gasteiger partial charge in [0.05, 0.1) is 24.9 Å². The van der Waals surface area contributed by atoms with Gasteiger partial charge in [-0.2, -0.15) is 0 Å². The molecule has 2 atom stereocenters. The van der Waals surface area contributed by atoms with Crippen molar-refractivity contribution >= 4 is 0 Å². The van der Waals surface area contributed by atoms with Gasteiger partial charge in [-0.1, -0.05) is 0 Å². The van der Waals surface area contributed by atoms with Gasteiger partial charge in [-0.3, -0.25) is 4.57 Å². The Labute approximate surface area is 88.1 Å². The Morgan fingerprint density at radius 2 is 2.53 bits per heavy atom. The molecule has 3 rings (SSSR count). The van der Waals surface area contributed by atoms with E-state index >= 15 is 0 Å². The monoisotopic (exact) mass is 209 g/mol. The molecular weight excluding hydrogens is 194 g/mol. The van der Waals surface area contributed by atoms with E-state index in [4.69, 9.17) is 4.74 Å².